The standard InChI is InChI=1S/C26H23N5OS/c1-20(17-18-21-11-5-2-6-12-21)27-28-24(32)19-33-26-30-29-25(22-13-7-3-8-14-22)31(26)23-15-9-4-10-16-23/h2-18H,19H2,1H3,(H,28,32)/b18-17+,27-20-. The second-order valence-corrected chi connectivity index (χ2v) is 8.11. The van der Waals surface area contributed by atoms with Crippen LogP contribution < -0.4 is 5.43 Å². The molecule has 33 heavy (non-hydrogen) atoms. The van der Waals surface area contributed by atoms with Crippen LogP contribution in [0.25, 0.3) is 23.2 Å². The first-order chi connectivity index (χ1) is 16.2. The van der Waals surface area contributed by atoms with Crippen molar-refractivity contribution in [3.63, 3.8) is 0 Å². The van der Waals surface area contributed by atoms with Crippen LogP contribution in [0.15, 0.2) is 107 Å². The van der Waals surface area contributed by atoms with Crippen molar-refractivity contribution < 1.29 is 4.79 Å². The number of para-hydroxylation sites is 1. The van der Waals surface area contributed by atoms with Gasteiger partial charge < -0.3 is 0 Å². The van der Waals surface area contributed by atoms with Gasteiger partial charge in [-0.25, -0.2) is 5.43 Å². The van der Waals surface area contributed by atoms with E-state index in [-0.39, 0.29) is 11.7 Å². The summed E-state index contributed by atoms with van der Waals surface area (Å²) in [6.45, 7) is 1.84. The van der Waals surface area contributed by atoms with E-state index in [1.165, 1.54) is 11.8 Å². The molecule has 1 aromatic heterocycles. The van der Waals surface area contributed by atoms with Crippen molar-refractivity contribution in [2.75, 3.05) is 5.75 Å². The zero-order valence-corrected chi connectivity index (χ0v) is 18.9. The highest BCUT2D eigenvalue weighted by atomic mass is 32.2. The van der Waals surface area contributed by atoms with Crippen molar-refractivity contribution in [2.45, 2.75) is 12.1 Å². The fourth-order valence-corrected chi connectivity index (χ4v) is 3.82. The molecule has 0 saturated carbocycles. The van der Waals surface area contributed by atoms with Gasteiger partial charge in [0, 0.05) is 11.3 Å². The molecular formula is C26H23N5OS. The first-order valence-electron chi connectivity index (χ1n) is 10.5. The van der Waals surface area contributed by atoms with Crippen molar-refractivity contribution in [1.82, 2.24) is 20.2 Å². The van der Waals surface area contributed by atoms with Gasteiger partial charge >= 0.3 is 0 Å². The van der Waals surface area contributed by atoms with E-state index in [0.29, 0.717) is 10.9 Å². The number of nitrogens with zero attached hydrogens (tertiary/aromatic N) is 4. The van der Waals surface area contributed by atoms with Crippen LogP contribution in [0.5, 0.6) is 0 Å². The van der Waals surface area contributed by atoms with E-state index in [2.05, 4.69) is 20.7 Å². The number of hydrogen-bond acceptors (Lipinski definition) is 5. The summed E-state index contributed by atoms with van der Waals surface area (Å²) in [5.41, 5.74) is 6.27. The fourth-order valence-electron chi connectivity index (χ4n) is 3.08. The highest BCUT2D eigenvalue weighted by Gasteiger charge is 2.17. The molecule has 1 N–H and O–H groups in total. The van der Waals surface area contributed by atoms with Crippen LogP contribution in [0.1, 0.15) is 12.5 Å². The Kier molecular flexibility index (Phi) is 7.45. The predicted octanol–water partition coefficient (Wildman–Crippen LogP) is 5.23. The molecule has 0 saturated heterocycles. The summed E-state index contributed by atoms with van der Waals surface area (Å²) in [7, 11) is 0. The van der Waals surface area contributed by atoms with Crippen molar-refractivity contribution in [1.29, 1.82) is 0 Å². The summed E-state index contributed by atoms with van der Waals surface area (Å²) in [6, 6.07) is 29.7. The molecule has 0 atom stereocenters. The van der Waals surface area contributed by atoms with Crippen LogP contribution in [0, 0.1) is 0 Å². The van der Waals surface area contributed by atoms with Gasteiger partial charge in [-0.3, -0.25) is 9.36 Å². The summed E-state index contributed by atoms with van der Waals surface area (Å²) in [5.74, 6) is 0.680. The summed E-state index contributed by atoms with van der Waals surface area (Å²) in [5, 5.41) is 13.5. The van der Waals surface area contributed by atoms with Gasteiger partial charge in [0.15, 0.2) is 11.0 Å². The molecule has 4 rings (SSSR count). The van der Waals surface area contributed by atoms with Gasteiger partial charge in [0.25, 0.3) is 5.91 Å². The summed E-state index contributed by atoms with van der Waals surface area (Å²) < 4.78 is 1.96. The second-order valence-electron chi connectivity index (χ2n) is 7.16. The molecule has 0 fully saturated rings. The maximum Gasteiger partial charge on any atom is 0.250 e. The Balaban J connectivity index is 1.44. The molecule has 1 heterocycles. The zero-order chi connectivity index (χ0) is 22.9. The molecule has 4 aromatic rings. The monoisotopic (exact) mass is 453 g/mol. The third-order valence-corrected chi connectivity index (χ3v) is 5.61. The molecule has 0 aliphatic rings. The van der Waals surface area contributed by atoms with Crippen LogP contribution >= 0.6 is 11.8 Å². The first-order valence-corrected chi connectivity index (χ1v) is 11.4. The SMILES string of the molecule is CC(/C=C/c1ccccc1)=N/NC(=O)CSc1nnc(-c2ccccc2)n1-c1ccccc1. The minimum Gasteiger partial charge on any atom is -0.272 e. The van der Waals surface area contributed by atoms with Crippen LogP contribution in [0.3, 0.4) is 0 Å². The molecule has 3 aromatic carbocycles. The van der Waals surface area contributed by atoms with Gasteiger partial charge in [-0.15, -0.1) is 10.2 Å². The summed E-state index contributed by atoms with van der Waals surface area (Å²) in [4.78, 5) is 12.4. The van der Waals surface area contributed by atoms with Crippen molar-refractivity contribution in [3.8, 4) is 17.1 Å². The topological polar surface area (TPSA) is 72.2 Å². The van der Waals surface area contributed by atoms with Crippen molar-refractivity contribution in [2.24, 2.45) is 5.10 Å². The van der Waals surface area contributed by atoms with Gasteiger partial charge in [0.2, 0.25) is 0 Å². The average Bonchev–Trinajstić information content (AvgIpc) is 3.30. The van der Waals surface area contributed by atoms with Crippen molar-refractivity contribution >= 4 is 29.5 Å². The van der Waals surface area contributed by atoms with Gasteiger partial charge in [-0.05, 0) is 30.7 Å². The van der Waals surface area contributed by atoms with E-state index in [9.17, 15) is 4.79 Å². The highest BCUT2D eigenvalue weighted by molar-refractivity contribution is 7.99. The van der Waals surface area contributed by atoms with E-state index in [1.54, 1.807) is 0 Å². The second kappa shape index (κ2) is 11.1. The minimum absolute atomic E-state index is 0.166. The molecule has 0 unspecified atom stereocenters. The van der Waals surface area contributed by atoms with Crippen LogP contribution in [-0.2, 0) is 4.79 Å². The number of aromatic nitrogens is 3. The lowest BCUT2D eigenvalue weighted by molar-refractivity contribution is -0.118. The lowest BCUT2D eigenvalue weighted by Crippen LogP contribution is -2.20. The van der Waals surface area contributed by atoms with Crippen LogP contribution in [0.4, 0.5) is 0 Å². The number of allylic oxidation sites excluding steroid dienone is 1. The lowest BCUT2D eigenvalue weighted by Gasteiger charge is -2.10. The Morgan fingerprint density at radius 3 is 2.27 bits per heavy atom. The maximum absolute atomic E-state index is 12.4. The normalized spacial score (nSPS) is 11.6. The molecule has 6 nitrogen and oxygen atoms in total. The molecule has 0 bridgehead atoms. The molecule has 0 radical (unpaired) electrons. The van der Waals surface area contributed by atoms with Crippen LogP contribution in [-0.4, -0.2) is 32.1 Å². The molecular weight excluding hydrogens is 430 g/mol. The van der Waals surface area contributed by atoms with Crippen molar-refractivity contribution in [3.05, 3.63) is 103 Å². The number of thioether (sulfide) groups is 1. The predicted molar refractivity (Wildman–Crippen MR) is 134 cm³/mol. The Morgan fingerprint density at radius 1 is 0.939 bits per heavy atom. The Hall–Kier alpha value is -3.97. The molecule has 0 aliphatic heterocycles. The molecule has 1 amide bonds. The zero-order valence-electron chi connectivity index (χ0n) is 18.1. The van der Waals surface area contributed by atoms with Gasteiger partial charge in [-0.1, -0.05) is 96.7 Å². The molecule has 0 aliphatic carbocycles. The van der Waals surface area contributed by atoms with Gasteiger partial charge in [0.05, 0.1) is 11.5 Å². The number of hydrogen-bond donors (Lipinski definition) is 1. The summed E-state index contributed by atoms with van der Waals surface area (Å²) >= 11 is 1.32. The molecule has 164 valence electrons. The van der Waals surface area contributed by atoms with E-state index < -0.39 is 0 Å². The van der Waals surface area contributed by atoms with Gasteiger partial charge in [0.1, 0.15) is 0 Å². The van der Waals surface area contributed by atoms with Crippen LogP contribution in [0.2, 0.25) is 0 Å². The van der Waals surface area contributed by atoms with E-state index in [4.69, 9.17) is 0 Å². The van der Waals surface area contributed by atoms with E-state index in [0.717, 1.165) is 22.6 Å². The maximum atomic E-state index is 12.4. The smallest absolute Gasteiger partial charge is 0.250 e. The Labute approximate surface area is 197 Å². The minimum atomic E-state index is -0.212. The third kappa shape index (κ3) is 6.05. The van der Waals surface area contributed by atoms with Gasteiger partial charge in [-0.2, -0.15) is 5.10 Å². The highest BCUT2D eigenvalue weighted by Crippen LogP contribution is 2.27. The largest absolute Gasteiger partial charge is 0.272 e. The number of amides is 1. The molecule has 7 heteroatoms. The lowest BCUT2D eigenvalue weighted by atomic mass is 10.2. The summed E-state index contributed by atoms with van der Waals surface area (Å²) in [6.07, 6.45) is 3.81. The number of carbonyl (C=O) groups excluding carboxylic acids is 1. The Bertz CT molecular complexity index is 1250. The average molecular weight is 454 g/mol. The quantitative estimate of drug-likeness (QED) is 0.225. The fraction of sp³-hybridized carbons (Fsp3) is 0.0769. The van der Waals surface area contributed by atoms with E-state index >= 15 is 0 Å². The third-order valence-electron chi connectivity index (χ3n) is 4.69. The number of carbonyl (C=O) groups is 1. The first kappa shape index (κ1) is 22.2. The number of hydrazone groups is 1. The number of benzene rings is 3. The number of rotatable bonds is 8. The molecule has 0 spiro atoms. The van der Waals surface area contributed by atoms with E-state index in [1.807, 2.05) is 115 Å². The number of nitrogens with one attached hydrogen (secondary N) is 1. The Morgan fingerprint density at radius 2 is 1.58 bits per heavy atom.